The van der Waals surface area contributed by atoms with Crippen LogP contribution in [0.1, 0.15) is 18.9 Å². The van der Waals surface area contributed by atoms with Crippen LogP contribution in [0.2, 0.25) is 15.1 Å². The number of amides is 1. The summed E-state index contributed by atoms with van der Waals surface area (Å²) < 4.78 is 5.63. The molecular formula is C19H16Cl3NO4. The van der Waals surface area contributed by atoms with Gasteiger partial charge >= 0.3 is 0 Å². The third kappa shape index (κ3) is 3.92. The molecule has 0 spiro atoms. The van der Waals surface area contributed by atoms with Crippen molar-refractivity contribution in [2.45, 2.75) is 18.9 Å². The van der Waals surface area contributed by atoms with Gasteiger partial charge in [0, 0.05) is 22.0 Å². The number of hydrogen-bond donors (Lipinski definition) is 1. The Balaban J connectivity index is 1.81. The smallest absolute Gasteiger partial charge is 0.264 e. The van der Waals surface area contributed by atoms with Gasteiger partial charge in [-0.15, -0.1) is 0 Å². The molecule has 2 aromatic carbocycles. The van der Waals surface area contributed by atoms with Crippen LogP contribution in [-0.4, -0.2) is 29.9 Å². The highest BCUT2D eigenvalue weighted by molar-refractivity contribution is 6.35. The average molecular weight is 429 g/mol. The number of benzene rings is 2. The Labute approximate surface area is 171 Å². The summed E-state index contributed by atoms with van der Waals surface area (Å²) in [6.45, 7) is 1.61. The van der Waals surface area contributed by atoms with E-state index in [1.807, 2.05) is 0 Å². The molecule has 0 bridgehead atoms. The number of carbonyl (C=O) groups excluding carboxylic acids is 2. The van der Waals surface area contributed by atoms with Crippen LogP contribution in [0.4, 0.5) is 5.69 Å². The number of aliphatic hydroxyl groups is 1. The van der Waals surface area contributed by atoms with Gasteiger partial charge in [0.25, 0.3) is 5.91 Å². The lowest BCUT2D eigenvalue weighted by molar-refractivity contribution is -0.141. The first-order chi connectivity index (χ1) is 12.7. The van der Waals surface area contributed by atoms with E-state index < -0.39 is 11.5 Å². The predicted molar refractivity (Wildman–Crippen MR) is 105 cm³/mol. The Kier molecular flexibility index (Phi) is 5.68. The van der Waals surface area contributed by atoms with E-state index in [9.17, 15) is 14.7 Å². The molecule has 1 aliphatic heterocycles. The van der Waals surface area contributed by atoms with Crippen LogP contribution in [0.25, 0.3) is 0 Å². The lowest BCUT2D eigenvalue weighted by Gasteiger charge is -2.22. The highest BCUT2D eigenvalue weighted by Crippen LogP contribution is 2.43. The fourth-order valence-electron chi connectivity index (χ4n) is 3.12. The Morgan fingerprint density at radius 2 is 1.81 bits per heavy atom. The van der Waals surface area contributed by atoms with Crippen molar-refractivity contribution in [2.75, 3.05) is 18.1 Å². The topological polar surface area (TPSA) is 66.8 Å². The van der Waals surface area contributed by atoms with Crippen molar-refractivity contribution in [2.24, 2.45) is 0 Å². The van der Waals surface area contributed by atoms with Crippen molar-refractivity contribution in [3.63, 3.8) is 0 Å². The van der Waals surface area contributed by atoms with Crippen molar-refractivity contribution in [1.82, 2.24) is 0 Å². The first-order valence-electron chi connectivity index (χ1n) is 8.14. The normalized spacial score (nSPS) is 18.6. The molecule has 1 N–H and O–H groups in total. The van der Waals surface area contributed by atoms with Crippen LogP contribution in [0.5, 0.6) is 5.75 Å². The first-order valence-corrected chi connectivity index (χ1v) is 9.27. The molecule has 1 heterocycles. The quantitative estimate of drug-likeness (QED) is 0.747. The van der Waals surface area contributed by atoms with Gasteiger partial charge in [0.05, 0.1) is 17.3 Å². The lowest BCUT2D eigenvalue weighted by Crippen LogP contribution is -2.43. The number of nitrogens with zero attached hydrogens (tertiary/aromatic N) is 1. The number of halogens is 3. The van der Waals surface area contributed by atoms with Crippen LogP contribution < -0.4 is 9.64 Å². The molecule has 0 saturated carbocycles. The Morgan fingerprint density at radius 1 is 1.15 bits per heavy atom. The molecule has 1 aliphatic rings. The predicted octanol–water partition coefficient (Wildman–Crippen LogP) is 4.24. The number of carbonyl (C=O) groups is 2. The van der Waals surface area contributed by atoms with E-state index in [0.717, 1.165) is 0 Å². The molecule has 0 fully saturated rings. The summed E-state index contributed by atoms with van der Waals surface area (Å²) in [7, 11) is 0. The highest BCUT2D eigenvalue weighted by atomic mass is 35.5. The summed E-state index contributed by atoms with van der Waals surface area (Å²) in [5.41, 5.74) is -1.11. The molecule has 0 aromatic heterocycles. The van der Waals surface area contributed by atoms with Crippen molar-refractivity contribution >= 4 is 52.2 Å². The molecule has 1 unspecified atom stereocenters. The zero-order chi connectivity index (χ0) is 19.8. The minimum Gasteiger partial charge on any atom is -0.490 e. The Bertz CT molecular complexity index is 918. The molecule has 1 amide bonds. The summed E-state index contributed by atoms with van der Waals surface area (Å²) in [4.78, 5) is 25.9. The molecule has 0 radical (unpaired) electrons. The zero-order valence-electron chi connectivity index (χ0n) is 14.3. The molecule has 0 saturated heterocycles. The van der Waals surface area contributed by atoms with Crippen molar-refractivity contribution in [3.05, 3.63) is 57.0 Å². The van der Waals surface area contributed by atoms with Gasteiger partial charge in [-0.2, -0.15) is 0 Å². The fraction of sp³-hybridized carbons (Fsp3) is 0.263. The SMILES string of the molecule is CC(=O)CC1(O)C(=O)N(CCOc2ccc(Cl)cc2Cl)c2ccc(Cl)cc21. The summed E-state index contributed by atoms with van der Waals surface area (Å²) in [5, 5.41) is 12.1. The molecular weight excluding hydrogens is 413 g/mol. The van der Waals surface area contributed by atoms with Crippen LogP contribution in [-0.2, 0) is 15.2 Å². The standard InChI is InChI=1S/C19H16Cl3NO4/c1-11(24)10-19(26)14-8-12(20)2-4-16(14)23(18(19)25)6-7-27-17-5-3-13(21)9-15(17)22/h2-5,8-9,26H,6-7,10H2,1H3. The third-order valence-electron chi connectivity index (χ3n) is 4.27. The Hall–Kier alpha value is -1.79. The second-order valence-electron chi connectivity index (χ2n) is 6.28. The third-order valence-corrected chi connectivity index (χ3v) is 5.03. The maximum Gasteiger partial charge on any atom is 0.264 e. The second-order valence-corrected chi connectivity index (χ2v) is 7.56. The van der Waals surface area contributed by atoms with Gasteiger partial charge in [-0.1, -0.05) is 34.8 Å². The maximum absolute atomic E-state index is 12.9. The second kappa shape index (κ2) is 7.68. The number of hydrogen-bond acceptors (Lipinski definition) is 4. The van der Waals surface area contributed by atoms with E-state index in [1.165, 1.54) is 17.9 Å². The van der Waals surface area contributed by atoms with Crippen LogP contribution in [0, 0.1) is 0 Å². The van der Waals surface area contributed by atoms with E-state index in [0.29, 0.717) is 32.1 Å². The molecule has 2 aromatic rings. The van der Waals surface area contributed by atoms with E-state index in [4.69, 9.17) is 39.5 Å². The number of fused-ring (bicyclic) bond motifs is 1. The monoisotopic (exact) mass is 427 g/mol. The van der Waals surface area contributed by atoms with Gasteiger partial charge in [-0.3, -0.25) is 9.59 Å². The number of anilines is 1. The van der Waals surface area contributed by atoms with Gasteiger partial charge in [0.15, 0.2) is 5.60 Å². The first kappa shape index (κ1) is 20.0. The summed E-state index contributed by atoms with van der Waals surface area (Å²) in [6, 6.07) is 9.61. The van der Waals surface area contributed by atoms with Gasteiger partial charge in [0.1, 0.15) is 18.1 Å². The molecule has 0 aliphatic carbocycles. The Morgan fingerprint density at radius 3 is 2.48 bits per heavy atom. The summed E-state index contributed by atoms with van der Waals surface area (Å²) in [6.07, 6.45) is -0.320. The highest BCUT2D eigenvalue weighted by Gasteiger charge is 2.50. The van der Waals surface area contributed by atoms with E-state index in [1.54, 1.807) is 30.3 Å². The largest absolute Gasteiger partial charge is 0.490 e. The van der Waals surface area contributed by atoms with Gasteiger partial charge in [-0.05, 0) is 43.3 Å². The van der Waals surface area contributed by atoms with Gasteiger partial charge in [0.2, 0.25) is 0 Å². The van der Waals surface area contributed by atoms with Crippen molar-refractivity contribution in [3.8, 4) is 5.75 Å². The molecule has 5 nitrogen and oxygen atoms in total. The zero-order valence-corrected chi connectivity index (χ0v) is 16.6. The fourth-order valence-corrected chi connectivity index (χ4v) is 3.75. The minimum atomic E-state index is -1.93. The molecule has 8 heteroatoms. The number of Topliss-reactive ketones (excluding diaryl/α,β-unsaturated/α-hetero) is 1. The van der Waals surface area contributed by atoms with Crippen LogP contribution >= 0.6 is 34.8 Å². The number of ketones is 1. The molecule has 27 heavy (non-hydrogen) atoms. The van der Waals surface area contributed by atoms with Crippen molar-refractivity contribution < 1.29 is 19.4 Å². The number of ether oxygens (including phenoxy) is 1. The van der Waals surface area contributed by atoms with E-state index >= 15 is 0 Å². The van der Waals surface area contributed by atoms with Gasteiger partial charge in [-0.25, -0.2) is 0 Å². The van der Waals surface area contributed by atoms with Crippen LogP contribution in [0.3, 0.4) is 0 Å². The number of rotatable bonds is 6. The van der Waals surface area contributed by atoms with Crippen molar-refractivity contribution in [1.29, 1.82) is 0 Å². The van der Waals surface area contributed by atoms with Gasteiger partial charge < -0.3 is 14.7 Å². The van der Waals surface area contributed by atoms with E-state index in [-0.39, 0.29) is 25.4 Å². The molecule has 142 valence electrons. The summed E-state index contributed by atoms with van der Waals surface area (Å²) >= 11 is 18.0. The summed E-state index contributed by atoms with van der Waals surface area (Å²) in [5.74, 6) is -0.452. The lowest BCUT2D eigenvalue weighted by atomic mass is 9.90. The van der Waals surface area contributed by atoms with Crippen LogP contribution in [0.15, 0.2) is 36.4 Å². The maximum atomic E-state index is 12.9. The average Bonchev–Trinajstić information content (AvgIpc) is 2.77. The van der Waals surface area contributed by atoms with E-state index in [2.05, 4.69) is 0 Å². The molecule has 3 rings (SSSR count). The molecule has 1 atom stereocenters. The minimum absolute atomic E-state index is 0.130.